The van der Waals surface area contributed by atoms with Gasteiger partial charge in [0.2, 0.25) is 11.8 Å². The second-order valence-corrected chi connectivity index (χ2v) is 7.24. The molecule has 0 aliphatic carbocycles. The van der Waals surface area contributed by atoms with Crippen molar-refractivity contribution in [3.63, 3.8) is 0 Å². The van der Waals surface area contributed by atoms with Crippen molar-refractivity contribution in [3.05, 3.63) is 58.9 Å². The molecule has 144 valence electrons. The van der Waals surface area contributed by atoms with E-state index in [9.17, 15) is 14.4 Å². The van der Waals surface area contributed by atoms with Crippen LogP contribution in [0.5, 0.6) is 0 Å². The zero-order valence-corrected chi connectivity index (χ0v) is 16.4. The van der Waals surface area contributed by atoms with Crippen molar-refractivity contribution in [1.29, 1.82) is 0 Å². The van der Waals surface area contributed by atoms with Gasteiger partial charge in [0.1, 0.15) is 0 Å². The molecular weight excluding hydrogens is 376 g/mol. The van der Waals surface area contributed by atoms with Crippen molar-refractivity contribution in [1.82, 2.24) is 9.55 Å². The number of hydrogen-bond donors (Lipinski definition) is 2. The number of hydrogen-bond acceptors (Lipinski definition) is 5. The lowest BCUT2D eigenvalue weighted by Gasteiger charge is -2.09. The first-order valence-electron chi connectivity index (χ1n) is 8.70. The Kier molecular flexibility index (Phi) is 6.10. The Balaban J connectivity index is 1.57. The van der Waals surface area contributed by atoms with Crippen LogP contribution in [0.4, 0.5) is 11.4 Å². The van der Waals surface area contributed by atoms with Gasteiger partial charge in [-0.15, -0.1) is 0 Å². The number of benzene rings is 2. The van der Waals surface area contributed by atoms with Crippen LogP contribution >= 0.6 is 11.8 Å². The predicted octanol–water partition coefficient (Wildman–Crippen LogP) is 3.01. The molecule has 0 aliphatic rings. The second kappa shape index (κ2) is 8.71. The maximum Gasteiger partial charge on any atom is 0.261 e. The van der Waals surface area contributed by atoms with Gasteiger partial charge >= 0.3 is 0 Å². The Hall–Kier alpha value is -3.13. The van der Waals surface area contributed by atoms with E-state index < -0.39 is 0 Å². The standard InChI is InChI=1S/C20H20N4O3S/c1-13(25)21-14-7-9-15(10-8-14)22-18(26)11-12-28-20-23-17-6-4-3-5-16(17)19(27)24(20)2/h3-10H,11-12H2,1-2H3,(H,21,25)(H,22,26). The number of para-hydroxylation sites is 1. The van der Waals surface area contributed by atoms with E-state index >= 15 is 0 Å². The summed E-state index contributed by atoms with van der Waals surface area (Å²) in [5, 5.41) is 6.64. The molecule has 0 aliphatic heterocycles. The summed E-state index contributed by atoms with van der Waals surface area (Å²) in [5.74, 6) is 0.213. The van der Waals surface area contributed by atoms with Crippen LogP contribution in [0.1, 0.15) is 13.3 Å². The average Bonchev–Trinajstić information content (AvgIpc) is 2.67. The van der Waals surface area contributed by atoms with Crippen LogP contribution in [0.3, 0.4) is 0 Å². The SMILES string of the molecule is CC(=O)Nc1ccc(NC(=O)CCSc2nc3ccccc3c(=O)n2C)cc1. The van der Waals surface area contributed by atoms with E-state index in [4.69, 9.17) is 0 Å². The van der Waals surface area contributed by atoms with Gasteiger partial charge in [0, 0.05) is 37.5 Å². The molecule has 3 aromatic rings. The molecule has 3 rings (SSSR count). The van der Waals surface area contributed by atoms with Gasteiger partial charge < -0.3 is 10.6 Å². The summed E-state index contributed by atoms with van der Waals surface area (Å²) in [6.07, 6.45) is 0.279. The van der Waals surface area contributed by atoms with Crippen molar-refractivity contribution in [3.8, 4) is 0 Å². The fourth-order valence-corrected chi connectivity index (χ4v) is 3.53. The highest BCUT2D eigenvalue weighted by Crippen LogP contribution is 2.18. The van der Waals surface area contributed by atoms with Crippen LogP contribution in [-0.4, -0.2) is 27.1 Å². The van der Waals surface area contributed by atoms with Gasteiger partial charge in [-0.1, -0.05) is 23.9 Å². The van der Waals surface area contributed by atoms with Crippen LogP contribution in [0.2, 0.25) is 0 Å². The molecule has 0 saturated carbocycles. The van der Waals surface area contributed by atoms with Gasteiger partial charge in [-0.05, 0) is 36.4 Å². The lowest BCUT2D eigenvalue weighted by molar-refractivity contribution is -0.116. The molecule has 8 heteroatoms. The van der Waals surface area contributed by atoms with E-state index in [0.717, 1.165) is 0 Å². The Bertz CT molecular complexity index is 1080. The maximum atomic E-state index is 12.4. The first-order valence-corrected chi connectivity index (χ1v) is 9.68. The van der Waals surface area contributed by atoms with Crippen LogP contribution in [-0.2, 0) is 16.6 Å². The highest BCUT2D eigenvalue weighted by Gasteiger charge is 2.10. The summed E-state index contributed by atoms with van der Waals surface area (Å²) in [6.45, 7) is 1.44. The van der Waals surface area contributed by atoms with Crippen LogP contribution in [0, 0.1) is 0 Å². The van der Waals surface area contributed by atoms with Crippen LogP contribution in [0.15, 0.2) is 58.5 Å². The zero-order valence-electron chi connectivity index (χ0n) is 15.6. The number of amides is 2. The first kappa shape index (κ1) is 19.6. The van der Waals surface area contributed by atoms with E-state index in [1.54, 1.807) is 43.4 Å². The van der Waals surface area contributed by atoms with Gasteiger partial charge in [-0.25, -0.2) is 4.98 Å². The molecule has 0 unspecified atom stereocenters. The molecule has 0 radical (unpaired) electrons. The third kappa shape index (κ3) is 4.77. The molecule has 0 saturated heterocycles. The number of rotatable bonds is 6. The molecule has 2 aromatic carbocycles. The number of carbonyl (C=O) groups is 2. The topological polar surface area (TPSA) is 93.1 Å². The average molecular weight is 396 g/mol. The fraction of sp³-hybridized carbons (Fsp3) is 0.200. The minimum atomic E-state index is -0.148. The van der Waals surface area contributed by atoms with Crippen molar-refractivity contribution in [2.45, 2.75) is 18.5 Å². The molecule has 0 spiro atoms. The molecule has 0 fully saturated rings. The van der Waals surface area contributed by atoms with Crippen molar-refractivity contribution < 1.29 is 9.59 Å². The summed E-state index contributed by atoms with van der Waals surface area (Å²) >= 11 is 1.37. The number of aromatic nitrogens is 2. The van der Waals surface area contributed by atoms with Crippen molar-refractivity contribution >= 4 is 45.9 Å². The fourth-order valence-electron chi connectivity index (χ4n) is 2.63. The number of nitrogens with one attached hydrogen (secondary N) is 2. The molecule has 2 amide bonds. The number of fused-ring (bicyclic) bond motifs is 1. The van der Waals surface area contributed by atoms with E-state index in [2.05, 4.69) is 15.6 Å². The molecule has 28 heavy (non-hydrogen) atoms. The number of thioether (sulfide) groups is 1. The molecule has 0 bridgehead atoms. The van der Waals surface area contributed by atoms with Crippen molar-refractivity contribution in [2.75, 3.05) is 16.4 Å². The maximum absolute atomic E-state index is 12.4. The molecule has 7 nitrogen and oxygen atoms in total. The summed E-state index contributed by atoms with van der Waals surface area (Å²) in [7, 11) is 1.68. The Morgan fingerprint density at radius 3 is 2.36 bits per heavy atom. The molecule has 2 N–H and O–H groups in total. The third-order valence-electron chi connectivity index (χ3n) is 3.99. The summed E-state index contributed by atoms with van der Waals surface area (Å²) in [5.41, 5.74) is 1.87. The van der Waals surface area contributed by atoms with Gasteiger partial charge in [0.05, 0.1) is 10.9 Å². The highest BCUT2D eigenvalue weighted by atomic mass is 32.2. The van der Waals surface area contributed by atoms with Gasteiger partial charge in [0.25, 0.3) is 5.56 Å². The normalized spacial score (nSPS) is 10.6. The van der Waals surface area contributed by atoms with Gasteiger partial charge in [-0.3, -0.25) is 19.0 Å². The Labute approximate surface area is 166 Å². The quantitative estimate of drug-likeness (QED) is 0.493. The minimum Gasteiger partial charge on any atom is -0.326 e. The summed E-state index contributed by atoms with van der Waals surface area (Å²) in [4.78, 5) is 40.1. The monoisotopic (exact) mass is 396 g/mol. The minimum absolute atomic E-state index is 0.100. The largest absolute Gasteiger partial charge is 0.326 e. The van der Waals surface area contributed by atoms with E-state index in [1.807, 2.05) is 12.1 Å². The summed E-state index contributed by atoms with van der Waals surface area (Å²) < 4.78 is 1.51. The van der Waals surface area contributed by atoms with E-state index in [-0.39, 0.29) is 23.8 Å². The van der Waals surface area contributed by atoms with E-state index in [1.165, 1.54) is 23.3 Å². The van der Waals surface area contributed by atoms with Crippen molar-refractivity contribution in [2.24, 2.45) is 7.05 Å². The van der Waals surface area contributed by atoms with E-state index in [0.29, 0.717) is 33.2 Å². The van der Waals surface area contributed by atoms with Gasteiger partial charge in [0.15, 0.2) is 5.16 Å². The smallest absolute Gasteiger partial charge is 0.261 e. The predicted molar refractivity (Wildman–Crippen MR) is 112 cm³/mol. The second-order valence-electron chi connectivity index (χ2n) is 6.18. The number of carbonyl (C=O) groups excluding carboxylic acids is 2. The first-order chi connectivity index (χ1) is 13.4. The lowest BCUT2D eigenvalue weighted by atomic mass is 10.2. The number of anilines is 2. The molecule has 1 aromatic heterocycles. The van der Waals surface area contributed by atoms with Crippen LogP contribution in [0.25, 0.3) is 10.9 Å². The Morgan fingerprint density at radius 1 is 1.04 bits per heavy atom. The molecular formula is C20H20N4O3S. The Morgan fingerprint density at radius 2 is 1.68 bits per heavy atom. The molecule has 0 atom stereocenters. The lowest BCUT2D eigenvalue weighted by Crippen LogP contribution is -2.20. The third-order valence-corrected chi connectivity index (χ3v) is 5.02. The highest BCUT2D eigenvalue weighted by molar-refractivity contribution is 7.99. The zero-order chi connectivity index (χ0) is 20.1. The molecule has 1 heterocycles. The van der Waals surface area contributed by atoms with Gasteiger partial charge in [-0.2, -0.15) is 0 Å². The number of nitrogens with zero attached hydrogens (tertiary/aromatic N) is 2. The summed E-state index contributed by atoms with van der Waals surface area (Å²) in [6, 6.07) is 14.1. The van der Waals surface area contributed by atoms with Crippen LogP contribution < -0.4 is 16.2 Å².